The quantitative estimate of drug-likeness (QED) is 0.112. The lowest BCUT2D eigenvalue weighted by molar-refractivity contribution is -0.0200. The number of amides is 4. The molecule has 8 atom stereocenters. The third-order valence-electron chi connectivity index (χ3n) is 28.2. The van der Waals surface area contributed by atoms with Gasteiger partial charge in [-0.05, 0) is 143 Å². The molecule has 26 rings (SSSR count). The highest BCUT2D eigenvalue weighted by Gasteiger charge is 2.53. The van der Waals surface area contributed by atoms with Crippen LogP contribution in [0.1, 0.15) is 182 Å². The molecule has 30 nitrogen and oxygen atoms in total. The molecule has 6 fully saturated rings. The Labute approximate surface area is 817 Å². The minimum atomic E-state index is -0.949. The van der Waals surface area contributed by atoms with Crippen LogP contribution < -0.4 is 41.8 Å². The van der Waals surface area contributed by atoms with Crippen molar-refractivity contribution in [3.05, 3.63) is 359 Å². The summed E-state index contributed by atoms with van der Waals surface area (Å²) in [4.78, 5) is 122. The van der Waals surface area contributed by atoms with E-state index in [2.05, 4.69) is 34.2 Å². The normalized spacial score (nSPS) is 22.0. The van der Waals surface area contributed by atoms with Crippen LogP contribution in [0.25, 0.3) is 0 Å². The van der Waals surface area contributed by atoms with E-state index in [9.17, 15) is 76.3 Å². The average Bonchev–Trinajstić information content (AvgIpc) is 1.19. The molecular formula is C100H82F8N14O16S4. The minimum Gasteiger partial charge on any atom is -0.502 e. The zero-order chi connectivity index (χ0) is 98.0. The molecule has 0 spiro atoms. The number of carbonyl (C=O) groups is 4. The number of halogens is 8. The maximum absolute atomic E-state index is 15.3. The predicted octanol–water partition coefficient (Wildman–Crippen LogP) is 12.5. The molecule has 4 N–H and O–H groups in total. The Balaban J connectivity index is 0.000000105. The van der Waals surface area contributed by atoms with Crippen molar-refractivity contribution in [2.75, 3.05) is 99.1 Å². The zero-order valence-electron chi connectivity index (χ0n) is 74.7. The highest BCUT2D eigenvalue weighted by molar-refractivity contribution is 7.99. The van der Waals surface area contributed by atoms with Gasteiger partial charge in [-0.3, -0.25) is 87.1 Å². The number of fused-ring (bicyclic) bond motifs is 16. The van der Waals surface area contributed by atoms with Crippen molar-refractivity contribution in [3.63, 3.8) is 0 Å². The van der Waals surface area contributed by atoms with Crippen molar-refractivity contribution in [2.24, 2.45) is 0 Å². The van der Waals surface area contributed by atoms with Crippen LogP contribution in [0.4, 0.5) is 35.1 Å². The molecule has 4 unspecified atom stereocenters. The highest BCUT2D eigenvalue weighted by atomic mass is 32.2. The molecular weight excluding hydrogens is 1930 g/mol. The van der Waals surface area contributed by atoms with E-state index in [1.807, 2.05) is 34.3 Å². The molecule has 4 amide bonds. The van der Waals surface area contributed by atoms with Crippen LogP contribution >= 0.6 is 47.0 Å². The monoisotopic (exact) mass is 2010 g/mol. The van der Waals surface area contributed by atoms with Crippen LogP contribution in [0.2, 0.25) is 0 Å². The smallest absolute Gasteiger partial charge is 0.278 e. The molecule has 6 aromatic carbocycles. The average molecular weight is 2020 g/mol. The lowest BCUT2D eigenvalue weighted by Gasteiger charge is -2.51. The number of rotatable bonds is 6. The molecule has 4 saturated heterocycles. The number of ether oxygens (including phenoxy) is 4. The number of aromatic nitrogens is 6. The van der Waals surface area contributed by atoms with Gasteiger partial charge in [0.05, 0.1) is 76.3 Å². The van der Waals surface area contributed by atoms with Gasteiger partial charge in [-0.15, -0.1) is 47.0 Å². The summed E-state index contributed by atoms with van der Waals surface area (Å²) in [7, 11) is 0. The summed E-state index contributed by atoms with van der Waals surface area (Å²) in [5.74, 6) is -10.1. The number of pyridine rings is 6. The predicted molar refractivity (Wildman–Crippen MR) is 501 cm³/mol. The van der Waals surface area contributed by atoms with Crippen LogP contribution in [0, 0.1) is 46.5 Å². The van der Waals surface area contributed by atoms with Crippen molar-refractivity contribution in [1.29, 1.82) is 0 Å². The van der Waals surface area contributed by atoms with E-state index in [0.29, 0.717) is 71.9 Å². The zero-order valence-corrected chi connectivity index (χ0v) is 78.0. The summed E-state index contributed by atoms with van der Waals surface area (Å²) in [6.45, 7) is 2.85. The highest BCUT2D eigenvalue weighted by Crippen LogP contribution is 2.54. The maximum atomic E-state index is 15.3. The van der Waals surface area contributed by atoms with E-state index in [-0.39, 0.29) is 121 Å². The van der Waals surface area contributed by atoms with Gasteiger partial charge in [0.25, 0.3) is 23.6 Å². The minimum absolute atomic E-state index is 0.142. The lowest BCUT2D eigenvalue weighted by atomic mass is 9.92. The second-order valence-corrected chi connectivity index (χ2v) is 40.1. The third kappa shape index (κ3) is 15.3. The third-order valence-corrected chi connectivity index (χ3v) is 32.6. The summed E-state index contributed by atoms with van der Waals surface area (Å²) in [5, 5.41) is 49.8. The molecule has 42 heteroatoms. The Morgan fingerprint density at radius 3 is 0.852 bits per heavy atom. The van der Waals surface area contributed by atoms with Gasteiger partial charge < -0.3 is 59.0 Å². The second-order valence-electron chi connectivity index (χ2n) is 36.0. The summed E-state index contributed by atoms with van der Waals surface area (Å²) in [6.07, 6.45) is 11.0. The van der Waals surface area contributed by atoms with Gasteiger partial charge in [0.1, 0.15) is 36.7 Å². The second kappa shape index (κ2) is 36.4. The summed E-state index contributed by atoms with van der Waals surface area (Å²) >= 11 is 5.62. The van der Waals surface area contributed by atoms with Crippen LogP contribution in [0.15, 0.2) is 209 Å². The molecule has 2 aliphatic carbocycles. The molecule has 0 radical (unpaired) electrons. The summed E-state index contributed by atoms with van der Waals surface area (Å²) in [6, 6.07) is 32.3. The van der Waals surface area contributed by atoms with Crippen LogP contribution in [0.5, 0.6) is 23.0 Å². The summed E-state index contributed by atoms with van der Waals surface area (Å²) < 4.78 is 147. The van der Waals surface area contributed by atoms with Gasteiger partial charge in [-0.25, -0.2) is 35.1 Å². The van der Waals surface area contributed by atoms with Gasteiger partial charge >= 0.3 is 0 Å². The lowest BCUT2D eigenvalue weighted by Crippen LogP contribution is -2.66. The number of nitrogens with zero attached hydrogens (tertiary/aromatic N) is 14. The first-order valence-electron chi connectivity index (χ1n) is 45.9. The first kappa shape index (κ1) is 92.1. The molecule has 12 aromatic rings. The van der Waals surface area contributed by atoms with E-state index in [1.165, 1.54) is 136 Å². The Morgan fingerprint density at radius 2 is 0.570 bits per heavy atom. The SMILES string of the molecule is O=C1c2c(O)c(=O)ccn2N(C2c3ccc(C4CC4)cc3SCc3c2ccc(F)c3F)C2COCCN12.O=C1c2c(O)c(=O)ccn2N(C2c3ccc(F)c(F)c3CSc3cccnc32)C2COCCN12.O=C1c2c(O)c(=O)ccn2N([C@@H]2c3ccc(C4CC4)cc3SCc3c2ccc(F)c3F)[C@@H]2COCCN12.O=C1c2c(O)c(=O)ccn2N([C@H]2c3ccc(F)c(F)c3CSc3cccnc32)[C@@H]2COCCN12. The Bertz CT molecular complexity index is 7150. The molecule has 18 heterocycles. The van der Waals surface area contributed by atoms with Gasteiger partial charge in [0.2, 0.25) is 21.7 Å². The first-order valence-corrected chi connectivity index (χ1v) is 49.8. The van der Waals surface area contributed by atoms with Gasteiger partial charge in [-0.2, -0.15) is 0 Å². The molecule has 14 aliphatic rings. The topological polar surface area (TPSA) is 326 Å². The van der Waals surface area contributed by atoms with Gasteiger partial charge in [-0.1, -0.05) is 48.5 Å². The molecule has 142 heavy (non-hydrogen) atoms. The number of morpholine rings is 4. The molecule has 12 aliphatic heterocycles. The Hall–Kier alpha value is -13.6. The van der Waals surface area contributed by atoms with E-state index < -0.39 is 164 Å². The molecule has 6 aromatic heterocycles. The Kier molecular flexibility index (Phi) is 23.6. The Morgan fingerprint density at radius 1 is 0.310 bits per heavy atom. The van der Waals surface area contributed by atoms with Crippen molar-refractivity contribution < 1.29 is 93.7 Å². The van der Waals surface area contributed by atoms with Crippen LogP contribution in [-0.4, -0.2) is 196 Å². The number of carbonyl (C=O) groups excluding carboxylic acids is 4. The van der Waals surface area contributed by atoms with E-state index in [1.54, 1.807) is 56.5 Å². The number of thioether (sulfide) groups is 4. The number of hydrogen-bond donors (Lipinski definition) is 4. The fraction of sp³-hybridized carbons (Fsp3) is 0.300. The van der Waals surface area contributed by atoms with Gasteiger partial charge in [0, 0.05) is 152 Å². The first-order chi connectivity index (χ1) is 68.8. The van der Waals surface area contributed by atoms with Crippen LogP contribution in [0.3, 0.4) is 0 Å². The standard InChI is InChI=1S/2C27H23F2N3O4S.2C23H18F2N4O4S/c2*28-19-6-5-16-18(23(19)29)13-37-21-11-15(14-1-2-14)3-4-17(21)24(16)32-22-12-36-10-9-30(22)27(35)25-26(34)20(33)7-8-31(25)32;2*24-14-4-3-12-13(18(14)25)11-34-16-2-1-6-26-19(16)20(12)29-17-10-33-9-8-27(17)23(32)21-22(31)15(30)5-7-28(21)29/h2*3-8,11,14,22,24,34H,1-2,9-10,12-13H2;2*1-7,17,20,31H,8-11H2/t22-,24+;;17-,20+;/m1.1./s1. The largest absolute Gasteiger partial charge is 0.502 e. The summed E-state index contributed by atoms with van der Waals surface area (Å²) in [5.41, 5.74) is 4.98. The molecule has 2 saturated carbocycles. The molecule has 0 bridgehead atoms. The maximum Gasteiger partial charge on any atom is 0.278 e. The van der Waals surface area contributed by atoms with Crippen LogP contribution in [-0.2, 0) is 42.0 Å². The van der Waals surface area contributed by atoms with Crippen molar-refractivity contribution >= 4 is 70.7 Å². The van der Waals surface area contributed by atoms with Crippen molar-refractivity contribution in [2.45, 2.75) is 129 Å². The van der Waals surface area contributed by atoms with E-state index >= 15 is 17.6 Å². The van der Waals surface area contributed by atoms with Gasteiger partial charge in [0.15, 0.2) is 92.3 Å². The van der Waals surface area contributed by atoms with Crippen molar-refractivity contribution in [1.82, 2.24) is 48.3 Å². The number of hydrogen-bond acceptors (Lipinski definition) is 26. The van der Waals surface area contributed by atoms with E-state index in [4.69, 9.17) is 18.9 Å². The number of aromatic hydroxyl groups is 4. The fourth-order valence-corrected chi connectivity index (χ4v) is 25.6. The molecule has 728 valence electrons. The fourth-order valence-electron chi connectivity index (χ4n) is 21.1. The number of benzene rings is 6. The van der Waals surface area contributed by atoms with E-state index in [0.717, 1.165) is 92.8 Å². The van der Waals surface area contributed by atoms with Crippen molar-refractivity contribution in [3.8, 4) is 23.0 Å².